The standard InChI is InChI=1S/C28H30N6O2S3.C2HF3O2/c1-3-34(39(35,36)26-11-6-16-37-26)24-9-5-8-21-17-23(31-27(21)24)28-29-18-22(38-28)19-32-12-14-33(15-13-32)25-10-4-7-20(2)30-25;3-2(4,5)1(6)7/h4-11,16-18,31H,3,12-15,19H2,1-2H3;(H,6,7). The van der Waals surface area contributed by atoms with Crippen LogP contribution in [-0.2, 0) is 21.4 Å². The second kappa shape index (κ2) is 13.8. The number of aromatic nitrogens is 3. The van der Waals surface area contributed by atoms with Crippen LogP contribution in [-0.4, -0.2) is 78.2 Å². The summed E-state index contributed by atoms with van der Waals surface area (Å²) in [6, 6.07) is 17.4. The Balaban J connectivity index is 0.000000537. The average Bonchev–Trinajstić information content (AvgIpc) is 3.79. The quantitative estimate of drug-likeness (QED) is 0.196. The normalized spacial score (nSPS) is 14.2. The third-order valence-corrected chi connectivity index (χ3v) is 11.5. The first-order valence-corrected chi connectivity index (χ1v) is 17.3. The first-order valence-electron chi connectivity index (χ1n) is 14.2. The monoisotopic (exact) mass is 692 g/mol. The lowest BCUT2D eigenvalue weighted by atomic mass is 10.2. The number of hydrogen-bond acceptors (Lipinski definition) is 9. The van der Waals surface area contributed by atoms with Gasteiger partial charge in [0.1, 0.15) is 15.0 Å². The van der Waals surface area contributed by atoms with Crippen LogP contribution in [0.4, 0.5) is 24.7 Å². The number of hydrogen-bond donors (Lipinski definition) is 2. The zero-order valence-electron chi connectivity index (χ0n) is 24.9. The Kier molecular flexibility index (Phi) is 10.0. The maximum absolute atomic E-state index is 13.4. The van der Waals surface area contributed by atoms with Crippen molar-refractivity contribution in [2.75, 3.05) is 41.9 Å². The number of carboxylic acid groups (broad SMARTS) is 1. The smallest absolute Gasteiger partial charge is 0.475 e. The summed E-state index contributed by atoms with van der Waals surface area (Å²) in [5.41, 5.74) is 3.39. The maximum atomic E-state index is 13.4. The van der Waals surface area contributed by atoms with Gasteiger partial charge < -0.3 is 15.0 Å². The van der Waals surface area contributed by atoms with Gasteiger partial charge in [-0.25, -0.2) is 23.2 Å². The first kappa shape index (κ1) is 33.4. The number of thiazole rings is 1. The Hall–Kier alpha value is -3.99. The van der Waals surface area contributed by atoms with Gasteiger partial charge in [-0.15, -0.1) is 22.7 Å². The van der Waals surface area contributed by atoms with Crippen molar-refractivity contribution < 1.29 is 31.5 Å². The molecular weight excluding hydrogens is 662 g/mol. The number of benzene rings is 1. The predicted octanol–water partition coefficient (Wildman–Crippen LogP) is 6.23. The van der Waals surface area contributed by atoms with Crippen molar-refractivity contribution in [2.45, 2.75) is 30.8 Å². The fraction of sp³-hybridized carbons (Fsp3) is 0.300. The highest BCUT2D eigenvalue weighted by atomic mass is 32.2. The number of halogens is 3. The lowest BCUT2D eigenvalue weighted by Gasteiger charge is -2.35. The van der Waals surface area contributed by atoms with E-state index in [1.54, 1.807) is 28.8 Å². The van der Waals surface area contributed by atoms with Gasteiger partial charge in [0.2, 0.25) is 0 Å². The van der Waals surface area contributed by atoms with E-state index in [2.05, 4.69) is 38.0 Å². The number of aryl methyl sites for hydroxylation is 1. The number of pyridine rings is 1. The van der Waals surface area contributed by atoms with Gasteiger partial charge in [-0.05, 0) is 49.6 Å². The zero-order chi connectivity index (χ0) is 33.1. The van der Waals surface area contributed by atoms with E-state index in [0.29, 0.717) is 16.4 Å². The van der Waals surface area contributed by atoms with E-state index >= 15 is 0 Å². The summed E-state index contributed by atoms with van der Waals surface area (Å²) in [6.45, 7) is 8.95. The van der Waals surface area contributed by atoms with Gasteiger partial charge in [0.05, 0.1) is 16.9 Å². The fourth-order valence-corrected chi connectivity index (χ4v) is 8.53. The number of anilines is 2. The Bertz CT molecular complexity index is 1900. The molecule has 6 rings (SSSR count). The van der Waals surface area contributed by atoms with Gasteiger partial charge in [-0.1, -0.05) is 24.3 Å². The van der Waals surface area contributed by atoms with Crippen LogP contribution in [0.2, 0.25) is 0 Å². The summed E-state index contributed by atoms with van der Waals surface area (Å²) in [5, 5.41) is 10.8. The summed E-state index contributed by atoms with van der Waals surface area (Å²) in [4.78, 5) is 27.8. The molecule has 10 nitrogen and oxygen atoms in total. The number of rotatable bonds is 8. The van der Waals surface area contributed by atoms with Crippen molar-refractivity contribution in [3.63, 3.8) is 0 Å². The van der Waals surface area contributed by atoms with Gasteiger partial charge in [0, 0.05) is 61.4 Å². The second-order valence-corrected chi connectivity index (χ2v) is 14.5. The van der Waals surface area contributed by atoms with Crippen LogP contribution in [0.5, 0.6) is 0 Å². The van der Waals surface area contributed by atoms with Gasteiger partial charge in [-0.2, -0.15) is 13.2 Å². The van der Waals surface area contributed by atoms with Crippen molar-refractivity contribution in [1.29, 1.82) is 0 Å². The zero-order valence-corrected chi connectivity index (χ0v) is 27.3. The van der Waals surface area contributed by atoms with E-state index in [9.17, 15) is 21.6 Å². The number of fused-ring (bicyclic) bond motifs is 1. The van der Waals surface area contributed by atoms with Crippen LogP contribution in [0.3, 0.4) is 0 Å². The number of sulfonamides is 1. The van der Waals surface area contributed by atoms with Crippen molar-refractivity contribution in [3.8, 4) is 10.7 Å². The molecule has 244 valence electrons. The molecule has 4 aromatic heterocycles. The summed E-state index contributed by atoms with van der Waals surface area (Å²) in [6.07, 6.45) is -3.12. The summed E-state index contributed by atoms with van der Waals surface area (Å²) in [5.74, 6) is -1.70. The molecule has 2 N–H and O–H groups in total. The Morgan fingerprint density at radius 1 is 1.09 bits per heavy atom. The van der Waals surface area contributed by atoms with E-state index in [-0.39, 0.29) is 0 Å². The average molecular weight is 693 g/mol. The molecule has 0 spiro atoms. The lowest BCUT2D eigenvalue weighted by Crippen LogP contribution is -2.46. The van der Waals surface area contributed by atoms with Crippen molar-refractivity contribution in [2.24, 2.45) is 0 Å². The largest absolute Gasteiger partial charge is 0.490 e. The van der Waals surface area contributed by atoms with E-state index in [1.807, 2.05) is 44.3 Å². The minimum absolute atomic E-state index is 0.336. The molecule has 1 aliphatic rings. The summed E-state index contributed by atoms with van der Waals surface area (Å²) < 4.78 is 60.3. The topological polar surface area (TPSA) is 123 Å². The molecule has 0 amide bonds. The van der Waals surface area contributed by atoms with Crippen LogP contribution in [0, 0.1) is 6.92 Å². The lowest BCUT2D eigenvalue weighted by molar-refractivity contribution is -0.192. The molecule has 5 heterocycles. The van der Waals surface area contributed by atoms with Crippen LogP contribution in [0.25, 0.3) is 21.6 Å². The number of nitrogens with zero attached hydrogens (tertiary/aromatic N) is 5. The predicted molar refractivity (Wildman–Crippen MR) is 174 cm³/mol. The first-order chi connectivity index (χ1) is 21.9. The molecular formula is C30H31F3N6O4S3. The van der Waals surface area contributed by atoms with E-state index < -0.39 is 22.2 Å². The molecule has 46 heavy (non-hydrogen) atoms. The molecule has 5 aromatic rings. The van der Waals surface area contributed by atoms with E-state index in [4.69, 9.17) is 14.9 Å². The molecule has 0 bridgehead atoms. The minimum atomic E-state index is -5.08. The second-order valence-electron chi connectivity index (χ2n) is 10.4. The number of alkyl halides is 3. The summed E-state index contributed by atoms with van der Waals surface area (Å²) >= 11 is 2.91. The third kappa shape index (κ3) is 7.52. The van der Waals surface area contributed by atoms with Gasteiger partial charge in [-0.3, -0.25) is 9.21 Å². The molecule has 16 heteroatoms. The maximum Gasteiger partial charge on any atom is 0.490 e. The third-order valence-electron chi connectivity index (χ3n) is 7.21. The molecule has 0 saturated carbocycles. The highest BCUT2D eigenvalue weighted by molar-refractivity contribution is 7.94. The number of aromatic amines is 1. The molecule has 0 radical (unpaired) electrons. The van der Waals surface area contributed by atoms with Gasteiger partial charge in [0.25, 0.3) is 10.0 Å². The Labute approximate surface area is 271 Å². The highest BCUT2D eigenvalue weighted by Gasteiger charge is 2.38. The van der Waals surface area contributed by atoms with Crippen LogP contribution in [0.15, 0.2) is 70.4 Å². The SMILES string of the molecule is CCN(c1cccc2cc(-c3ncc(CN4CCN(c5cccc(C)n5)CC4)s3)[nH]c12)S(=O)(=O)c1cccs1.O=C(O)C(F)(F)F. The molecule has 1 saturated heterocycles. The minimum Gasteiger partial charge on any atom is -0.475 e. The number of aliphatic carboxylic acids is 1. The molecule has 0 unspecified atom stereocenters. The number of para-hydroxylation sites is 1. The molecule has 1 fully saturated rings. The number of carbonyl (C=O) groups is 1. The Morgan fingerprint density at radius 3 is 2.43 bits per heavy atom. The molecule has 1 aliphatic heterocycles. The van der Waals surface area contributed by atoms with Gasteiger partial charge >= 0.3 is 12.1 Å². The van der Waals surface area contributed by atoms with Crippen LogP contribution < -0.4 is 9.21 Å². The Morgan fingerprint density at radius 2 is 1.80 bits per heavy atom. The molecule has 0 atom stereocenters. The number of carboxylic acids is 1. The fourth-order valence-electron chi connectivity index (χ4n) is 5.02. The van der Waals surface area contributed by atoms with Crippen molar-refractivity contribution >= 4 is 61.1 Å². The number of nitrogens with one attached hydrogen (secondary N) is 1. The number of H-pyrrole nitrogens is 1. The van der Waals surface area contributed by atoms with Crippen molar-refractivity contribution in [3.05, 3.63) is 76.7 Å². The number of piperazine rings is 1. The van der Waals surface area contributed by atoms with Crippen molar-refractivity contribution in [1.82, 2.24) is 19.9 Å². The molecule has 1 aromatic carbocycles. The van der Waals surface area contributed by atoms with Crippen LogP contribution in [0.1, 0.15) is 17.5 Å². The van der Waals surface area contributed by atoms with E-state index in [1.165, 1.54) is 20.5 Å². The highest BCUT2D eigenvalue weighted by Crippen LogP contribution is 2.35. The van der Waals surface area contributed by atoms with Gasteiger partial charge in [0.15, 0.2) is 0 Å². The van der Waals surface area contributed by atoms with E-state index in [0.717, 1.165) is 65.8 Å². The van der Waals surface area contributed by atoms with Crippen LogP contribution >= 0.6 is 22.7 Å². The molecule has 0 aliphatic carbocycles. The number of thiophene rings is 1. The summed E-state index contributed by atoms with van der Waals surface area (Å²) in [7, 11) is -3.64.